The highest BCUT2D eigenvalue weighted by molar-refractivity contribution is 5.21. The Labute approximate surface area is 74.8 Å². The van der Waals surface area contributed by atoms with Crippen molar-refractivity contribution in [3.05, 3.63) is 34.7 Å². The van der Waals surface area contributed by atoms with E-state index in [4.69, 9.17) is 5.73 Å². The molecule has 1 heterocycles. The van der Waals surface area contributed by atoms with E-state index in [-0.39, 0.29) is 5.69 Å². The van der Waals surface area contributed by atoms with Gasteiger partial charge < -0.3 is 5.73 Å². The summed E-state index contributed by atoms with van der Waals surface area (Å²) in [4.78, 5) is 9.78. The summed E-state index contributed by atoms with van der Waals surface area (Å²) in [5.41, 5.74) is 6.06. The zero-order valence-electron chi connectivity index (χ0n) is 7.01. The Balaban J connectivity index is 2.69. The lowest BCUT2D eigenvalue weighted by Crippen LogP contribution is -2.09. The predicted molar refractivity (Wildman–Crippen MR) is 47.1 cm³/mol. The molecule has 0 aliphatic heterocycles. The van der Waals surface area contributed by atoms with E-state index in [0.717, 1.165) is 5.57 Å². The average molecular weight is 182 g/mol. The number of nitrogens with two attached hydrogens (primary N) is 1. The second-order valence-electron chi connectivity index (χ2n) is 2.61. The van der Waals surface area contributed by atoms with Gasteiger partial charge in [0.2, 0.25) is 0 Å². The van der Waals surface area contributed by atoms with Gasteiger partial charge in [-0.05, 0) is 5.57 Å². The van der Waals surface area contributed by atoms with E-state index in [2.05, 4.69) is 11.7 Å². The van der Waals surface area contributed by atoms with Crippen molar-refractivity contribution in [1.82, 2.24) is 9.78 Å². The SMILES string of the molecule is C=C(CN)Cn1cc([N+](=O)[O-])cn1. The minimum absolute atomic E-state index is 0.0233. The van der Waals surface area contributed by atoms with E-state index in [0.29, 0.717) is 13.1 Å². The number of nitrogens with zero attached hydrogens (tertiary/aromatic N) is 3. The Bertz CT molecular complexity index is 331. The van der Waals surface area contributed by atoms with Crippen LogP contribution in [-0.4, -0.2) is 21.2 Å². The van der Waals surface area contributed by atoms with Crippen LogP contribution in [0.25, 0.3) is 0 Å². The van der Waals surface area contributed by atoms with Crippen LogP contribution in [0.5, 0.6) is 0 Å². The molecule has 0 fully saturated rings. The van der Waals surface area contributed by atoms with Crippen LogP contribution in [0.1, 0.15) is 0 Å². The molecule has 0 radical (unpaired) electrons. The smallest absolute Gasteiger partial charge is 0.307 e. The standard InChI is InChI=1S/C7H10N4O2/c1-6(2-8)4-10-5-7(3-9-10)11(12)13/h3,5H,1-2,4,8H2. The molecule has 0 atom stereocenters. The van der Waals surface area contributed by atoms with Gasteiger partial charge in [0.05, 0.1) is 11.5 Å². The number of aromatic nitrogens is 2. The first-order chi connectivity index (χ1) is 6.13. The van der Waals surface area contributed by atoms with E-state index in [1.54, 1.807) is 0 Å². The largest absolute Gasteiger partial charge is 0.327 e. The van der Waals surface area contributed by atoms with Crippen LogP contribution in [0.2, 0.25) is 0 Å². The Morgan fingerprint density at radius 2 is 2.54 bits per heavy atom. The van der Waals surface area contributed by atoms with Gasteiger partial charge in [-0.25, -0.2) is 0 Å². The van der Waals surface area contributed by atoms with Crippen molar-refractivity contribution < 1.29 is 4.92 Å². The zero-order valence-corrected chi connectivity index (χ0v) is 7.01. The fraction of sp³-hybridized carbons (Fsp3) is 0.286. The molecule has 0 unspecified atom stereocenters. The second kappa shape index (κ2) is 3.81. The molecule has 0 aromatic carbocycles. The molecule has 0 aliphatic rings. The second-order valence-corrected chi connectivity index (χ2v) is 2.61. The third kappa shape index (κ3) is 2.38. The molecule has 1 rings (SSSR count). The van der Waals surface area contributed by atoms with E-state index in [9.17, 15) is 10.1 Å². The van der Waals surface area contributed by atoms with Crippen molar-refractivity contribution in [1.29, 1.82) is 0 Å². The first-order valence-electron chi connectivity index (χ1n) is 3.67. The molecule has 0 aliphatic carbocycles. The van der Waals surface area contributed by atoms with Crippen LogP contribution >= 0.6 is 0 Å². The van der Waals surface area contributed by atoms with Gasteiger partial charge in [-0.15, -0.1) is 0 Å². The highest BCUT2D eigenvalue weighted by Crippen LogP contribution is 2.08. The fourth-order valence-electron chi connectivity index (χ4n) is 0.827. The highest BCUT2D eigenvalue weighted by atomic mass is 16.6. The van der Waals surface area contributed by atoms with Crippen molar-refractivity contribution in [2.45, 2.75) is 6.54 Å². The van der Waals surface area contributed by atoms with E-state index >= 15 is 0 Å². The lowest BCUT2D eigenvalue weighted by molar-refractivity contribution is -0.385. The van der Waals surface area contributed by atoms with Crippen LogP contribution in [0.15, 0.2) is 24.5 Å². The Kier molecular flexibility index (Phi) is 2.76. The van der Waals surface area contributed by atoms with Gasteiger partial charge in [-0.3, -0.25) is 14.8 Å². The summed E-state index contributed by atoms with van der Waals surface area (Å²) in [5, 5.41) is 14.1. The van der Waals surface area contributed by atoms with Gasteiger partial charge in [0.25, 0.3) is 0 Å². The maximum absolute atomic E-state index is 10.3. The third-order valence-electron chi connectivity index (χ3n) is 1.50. The van der Waals surface area contributed by atoms with E-state index in [1.807, 2.05) is 0 Å². The number of hydrogen-bond donors (Lipinski definition) is 1. The quantitative estimate of drug-likeness (QED) is 0.412. The van der Waals surface area contributed by atoms with Gasteiger partial charge in [0.15, 0.2) is 0 Å². The Hall–Kier alpha value is -1.69. The van der Waals surface area contributed by atoms with Gasteiger partial charge in [0, 0.05) is 6.54 Å². The molecule has 13 heavy (non-hydrogen) atoms. The zero-order chi connectivity index (χ0) is 9.84. The number of hydrogen-bond acceptors (Lipinski definition) is 4. The van der Waals surface area contributed by atoms with Crippen molar-refractivity contribution in [2.24, 2.45) is 5.73 Å². The third-order valence-corrected chi connectivity index (χ3v) is 1.50. The maximum atomic E-state index is 10.3. The molecule has 2 N–H and O–H groups in total. The van der Waals surface area contributed by atoms with Crippen molar-refractivity contribution in [3.63, 3.8) is 0 Å². The molecule has 0 saturated carbocycles. The first kappa shape index (κ1) is 9.40. The molecule has 0 spiro atoms. The minimum atomic E-state index is -0.491. The summed E-state index contributed by atoms with van der Waals surface area (Å²) in [7, 11) is 0. The monoisotopic (exact) mass is 182 g/mol. The summed E-state index contributed by atoms with van der Waals surface area (Å²) < 4.78 is 1.44. The first-order valence-corrected chi connectivity index (χ1v) is 3.67. The van der Waals surface area contributed by atoms with E-state index in [1.165, 1.54) is 17.1 Å². The van der Waals surface area contributed by atoms with Gasteiger partial charge in [-0.2, -0.15) is 5.10 Å². The van der Waals surface area contributed by atoms with Crippen LogP contribution in [0.3, 0.4) is 0 Å². The predicted octanol–water partition coefficient (Wildman–Crippen LogP) is 0.306. The average Bonchev–Trinajstić information content (AvgIpc) is 2.52. The topological polar surface area (TPSA) is 87.0 Å². The normalized spacial score (nSPS) is 9.92. The molecular formula is C7H10N4O2. The summed E-state index contributed by atoms with van der Waals surface area (Å²) in [6.07, 6.45) is 2.55. The molecule has 6 nitrogen and oxygen atoms in total. The molecular weight excluding hydrogens is 172 g/mol. The van der Waals surface area contributed by atoms with Crippen molar-refractivity contribution >= 4 is 5.69 Å². The molecule has 1 aromatic rings. The number of rotatable bonds is 4. The highest BCUT2D eigenvalue weighted by Gasteiger charge is 2.08. The lowest BCUT2D eigenvalue weighted by Gasteiger charge is -2.00. The molecule has 0 amide bonds. The Morgan fingerprint density at radius 1 is 1.85 bits per heavy atom. The van der Waals surface area contributed by atoms with Crippen LogP contribution in [0.4, 0.5) is 5.69 Å². The summed E-state index contributed by atoms with van der Waals surface area (Å²) in [6.45, 7) is 4.44. The molecule has 1 aromatic heterocycles. The lowest BCUT2D eigenvalue weighted by atomic mass is 10.3. The molecule has 0 saturated heterocycles. The van der Waals surface area contributed by atoms with Gasteiger partial charge in [-0.1, -0.05) is 6.58 Å². The Morgan fingerprint density at radius 3 is 3.00 bits per heavy atom. The number of nitro groups is 1. The van der Waals surface area contributed by atoms with Gasteiger partial charge >= 0.3 is 5.69 Å². The molecule has 70 valence electrons. The molecule has 6 heteroatoms. The fourth-order valence-corrected chi connectivity index (χ4v) is 0.827. The summed E-state index contributed by atoms with van der Waals surface area (Å²) >= 11 is 0. The van der Waals surface area contributed by atoms with Gasteiger partial charge in [0.1, 0.15) is 12.4 Å². The molecule has 0 bridgehead atoms. The van der Waals surface area contributed by atoms with Crippen LogP contribution < -0.4 is 5.73 Å². The minimum Gasteiger partial charge on any atom is -0.327 e. The van der Waals surface area contributed by atoms with Crippen molar-refractivity contribution in [3.8, 4) is 0 Å². The summed E-state index contributed by atoms with van der Waals surface area (Å²) in [5.74, 6) is 0. The summed E-state index contributed by atoms with van der Waals surface area (Å²) in [6, 6.07) is 0. The van der Waals surface area contributed by atoms with E-state index < -0.39 is 4.92 Å². The van der Waals surface area contributed by atoms with Crippen molar-refractivity contribution in [2.75, 3.05) is 6.54 Å². The van der Waals surface area contributed by atoms with Crippen LogP contribution in [-0.2, 0) is 6.54 Å². The van der Waals surface area contributed by atoms with Crippen LogP contribution in [0, 0.1) is 10.1 Å². The maximum Gasteiger partial charge on any atom is 0.307 e.